The second-order valence-corrected chi connectivity index (χ2v) is 11.2. The first-order chi connectivity index (χ1) is 14.4. The van der Waals surface area contributed by atoms with Gasteiger partial charge in [-0.25, -0.2) is 0 Å². The zero-order valence-electron chi connectivity index (χ0n) is 18.2. The monoisotopic (exact) mass is 407 g/mol. The average Bonchev–Trinajstić information content (AvgIpc) is 3.47. The lowest BCUT2D eigenvalue weighted by Gasteiger charge is -2.60. The van der Waals surface area contributed by atoms with Gasteiger partial charge in [-0.1, -0.05) is 37.6 Å². The summed E-state index contributed by atoms with van der Waals surface area (Å²) in [5, 5.41) is 21.0. The van der Waals surface area contributed by atoms with Gasteiger partial charge >= 0.3 is 0 Å². The predicted molar refractivity (Wildman–Crippen MR) is 113 cm³/mol. The maximum absolute atomic E-state index is 11.1. The van der Waals surface area contributed by atoms with E-state index in [0.29, 0.717) is 35.5 Å². The molecule has 3 unspecified atom stereocenters. The van der Waals surface area contributed by atoms with E-state index in [0.717, 1.165) is 51.7 Å². The third-order valence-electron chi connectivity index (χ3n) is 10.3. The molecule has 6 aliphatic rings. The number of nitriles is 1. The number of aliphatic hydroxyl groups excluding tert-OH is 1. The highest BCUT2D eigenvalue weighted by Crippen LogP contribution is 2.71. The van der Waals surface area contributed by atoms with Crippen molar-refractivity contribution in [2.24, 2.45) is 34.0 Å². The molecule has 1 saturated heterocycles. The van der Waals surface area contributed by atoms with Gasteiger partial charge in [0.15, 0.2) is 5.79 Å². The number of aliphatic hydroxyl groups is 1. The van der Waals surface area contributed by atoms with Crippen LogP contribution in [0, 0.1) is 45.3 Å². The van der Waals surface area contributed by atoms with Gasteiger partial charge in [-0.2, -0.15) is 5.26 Å². The Balaban J connectivity index is 1.42. The van der Waals surface area contributed by atoms with Gasteiger partial charge in [0.05, 0.1) is 30.3 Å². The van der Waals surface area contributed by atoms with Crippen LogP contribution in [0.4, 0.5) is 0 Å². The van der Waals surface area contributed by atoms with Crippen molar-refractivity contribution in [2.45, 2.75) is 71.0 Å². The minimum atomic E-state index is -0.368. The summed E-state index contributed by atoms with van der Waals surface area (Å²) in [6, 6.07) is 2.39. The largest absolute Gasteiger partial charge is 0.510 e. The van der Waals surface area contributed by atoms with E-state index in [1.807, 2.05) is 0 Å². The standard InChI is InChI=1S/C26H33NO3/c1-23-15-17(16-27)22(28)25(9-3-4-10-25)21(23)6-5-18-19(23)7-11-24(2)20(18)8-12-26(24)29-13-14-30-26/h3-4,6,18-20,28H,5,7-15H2,1-2H3/t18?,19-,20-,23?,24?/m0/s1. The fraction of sp³-hybridized carbons (Fsp3) is 0.731. The Kier molecular flexibility index (Phi) is 3.84. The van der Waals surface area contributed by atoms with Crippen LogP contribution in [-0.2, 0) is 9.47 Å². The molecule has 6 rings (SSSR count). The molecule has 0 aromatic rings. The molecule has 5 atom stereocenters. The molecule has 4 heteroatoms. The Hall–Kier alpha value is -1.57. The Labute approximate surface area is 179 Å². The molecule has 2 saturated carbocycles. The van der Waals surface area contributed by atoms with Crippen LogP contribution >= 0.6 is 0 Å². The van der Waals surface area contributed by atoms with Crippen LogP contribution in [0.5, 0.6) is 0 Å². The van der Waals surface area contributed by atoms with E-state index < -0.39 is 0 Å². The fourth-order valence-corrected chi connectivity index (χ4v) is 8.97. The number of fused-ring (bicyclic) bond motifs is 7. The van der Waals surface area contributed by atoms with Crippen molar-refractivity contribution >= 4 is 0 Å². The number of hydrogen-bond acceptors (Lipinski definition) is 4. The first kappa shape index (κ1) is 19.1. The van der Waals surface area contributed by atoms with Crippen LogP contribution in [0.1, 0.15) is 65.2 Å². The quantitative estimate of drug-likeness (QED) is 0.532. The zero-order chi connectivity index (χ0) is 20.8. The van der Waals surface area contributed by atoms with Gasteiger partial charge in [0.25, 0.3) is 0 Å². The number of allylic oxidation sites excluding steroid dienone is 5. The minimum absolute atomic E-state index is 0.0410. The first-order valence-electron chi connectivity index (χ1n) is 11.9. The molecule has 2 spiro atoms. The van der Waals surface area contributed by atoms with Crippen LogP contribution in [0.25, 0.3) is 0 Å². The van der Waals surface area contributed by atoms with Gasteiger partial charge in [0.2, 0.25) is 0 Å². The Morgan fingerprint density at radius 2 is 1.77 bits per heavy atom. The summed E-state index contributed by atoms with van der Waals surface area (Å²) in [4.78, 5) is 0. The maximum Gasteiger partial charge on any atom is 0.174 e. The molecule has 0 bridgehead atoms. The van der Waals surface area contributed by atoms with Crippen LogP contribution < -0.4 is 0 Å². The molecule has 160 valence electrons. The molecule has 0 radical (unpaired) electrons. The highest BCUT2D eigenvalue weighted by Gasteiger charge is 2.68. The van der Waals surface area contributed by atoms with E-state index >= 15 is 0 Å². The number of nitrogens with zero attached hydrogens (tertiary/aromatic N) is 1. The van der Waals surface area contributed by atoms with E-state index in [-0.39, 0.29) is 22.0 Å². The second kappa shape index (κ2) is 6.02. The lowest BCUT2D eigenvalue weighted by Crippen LogP contribution is -2.56. The van der Waals surface area contributed by atoms with Gasteiger partial charge in [-0.3, -0.25) is 0 Å². The normalized spacial score (nSPS) is 45.2. The molecule has 0 aromatic carbocycles. The Bertz CT molecular complexity index is 909. The van der Waals surface area contributed by atoms with Crippen molar-refractivity contribution in [1.29, 1.82) is 5.26 Å². The van der Waals surface area contributed by atoms with Crippen LogP contribution in [-0.4, -0.2) is 24.1 Å². The molecule has 4 nitrogen and oxygen atoms in total. The van der Waals surface area contributed by atoms with Gasteiger partial charge in [0, 0.05) is 11.8 Å². The lowest BCUT2D eigenvalue weighted by molar-refractivity contribution is -0.242. The summed E-state index contributed by atoms with van der Waals surface area (Å²) in [5.74, 6) is 1.75. The zero-order valence-corrected chi connectivity index (χ0v) is 18.2. The lowest BCUT2D eigenvalue weighted by atomic mass is 9.44. The molecular weight excluding hydrogens is 374 g/mol. The van der Waals surface area contributed by atoms with E-state index in [1.54, 1.807) is 0 Å². The average molecular weight is 408 g/mol. The summed E-state index contributed by atoms with van der Waals surface area (Å²) < 4.78 is 12.6. The van der Waals surface area contributed by atoms with Crippen LogP contribution in [0.15, 0.2) is 35.1 Å². The third-order valence-corrected chi connectivity index (χ3v) is 10.3. The van der Waals surface area contributed by atoms with Crippen molar-refractivity contribution in [3.63, 3.8) is 0 Å². The van der Waals surface area contributed by atoms with Gasteiger partial charge < -0.3 is 14.6 Å². The van der Waals surface area contributed by atoms with Crippen molar-refractivity contribution in [3.8, 4) is 6.07 Å². The molecule has 1 heterocycles. The third kappa shape index (κ3) is 2.04. The summed E-state index contributed by atoms with van der Waals surface area (Å²) in [5.41, 5.74) is 1.73. The van der Waals surface area contributed by atoms with Gasteiger partial charge in [-0.15, -0.1) is 0 Å². The first-order valence-corrected chi connectivity index (χ1v) is 11.9. The molecule has 30 heavy (non-hydrogen) atoms. The molecule has 0 aromatic heterocycles. The molecule has 1 N–H and O–H groups in total. The number of hydrogen-bond donors (Lipinski definition) is 1. The van der Waals surface area contributed by atoms with Crippen molar-refractivity contribution in [1.82, 2.24) is 0 Å². The molecule has 5 aliphatic carbocycles. The predicted octanol–water partition coefficient (Wildman–Crippen LogP) is 5.58. The van der Waals surface area contributed by atoms with Crippen molar-refractivity contribution < 1.29 is 14.6 Å². The van der Waals surface area contributed by atoms with E-state index in [9.17, 15) is 10.4 Å². The topological polar surface area (TPSA) is 62.5 Å². The number of ether oxygens (including phenoxy) is 2. The SMILES string of the molecule is CC12CC(C#N)=C(O)C3(CC=CC3)C1=CCC1[C@@H]2CCC2(C)[C@H]1CCC21OCCO1. The summed E-state index contributed by atoms with van der Waals surface area (Å²) >= 11 is 0. The van der Waals surface area contributed by atoms with Crippen molar-refractivity contribution in [3.05, 3.63) is 35.1 Å². The van der Waals surface area contributed by atoms with E-state index in [1.165, 1.54) is 12.0 Å². The summed E-state index contributed by atoms with van der Waals surface area (Å²) in [6.45, 7) is 6.27. The van der Waals surface area contributed by atoms with Crippen LogP contribution in [0.2, 0.25) is 0 Å². The fourth-order valence-electron chi connectivity index (χ4n) is 8.97. The minimum Gasteiger partial charge on any atom is -0.510 e. The smallest absolute Gasteiger partial charge is 0.174 e. The summed E-state index contributed by atoms with van der Waals surface area (Å²) in [6.07, 6.45) is 14.8. The van der Waals surface area contributed by atoms with E-state index in [2.05, 4.69) is 38.1 Å². The second-order valence-electron chi connectivity index (χ2n) is 11.2. The molecule has 3 fully saturated rings. The Morgan fingerprint density at radius 1 is 1.07 bits per heavy atom. The van der Waals surface area contributed by atoms with Gasteiger partial charge in [-0.05, 0) is 68.1 Å². The summed E-state index contributed by atoms with van der Waals surface area (Å²) in [7, 11) is 0. The molecular formula is C26H33NO3. The Morgan fingerprint density at radius 3 is 2.47 bits per heavy atom. The number of rotatable bonds is 0. The van der Waals surface area contributed by atoms with Crippen molar-refractivity contribution in [2.75, 3.05) is 13.2 Å². The molecule has 0 amide bonds. The highest BCUT2D eigenvalue weighted by molar-refractivity contribution is 5.48. The highest BCUT2D eigenvalue weighted by atomic mass is 16.7. The van der Waals surface area contributed by atoms with Crippen LogP contribution in [0.3, 0.4) is 0 Å². The molecule has 1 aliphatic heterocycles. The van der Waals surface area contributed by atoms with E-state index in [4.69, 9.17) is 9.47 Å². The van der Waals surface area contributed by atoms with Gasteiger partial charge in [0.1, 0.15) is 5.76 Å². The maximum atomic E-state index is 11.1.